The van der Waals surface area contributed by atoms with Gasteiger partial charge in [-0.3, -0.25) is 4.79 Å². The normalized spacial score (nSPS) is 11.3. The summed E-state index contributed by atoms with van der Waals surface area (Å²) in [7, 11) is 0. The average molecular weight is 270 g/mol. The Morgan fingerprint density at radius 1 is 1.26 bits per heavy atom. The van der Waals surface area contributed by atoms with E-state index in [1.165, 1.54) is 12.6 Å². The van der Waals surface area contributed by atoms with E-state index in [1.54, 1.807) is 29.6 Å². The predicted octanol–water partition coefficient (Wildman–Crippen LogP) is 2.52. The SMILES string of the molecule is O=C(NCc1ccc(-c2cnco2)cc1)C(F)(F)F. The number of nitrogens with one attached hydrogen (secondary N) is 1. The number of hydrogen-bond donors (Lipinski definition) is 1. The van der Waals surface area contributed by atoms with Crippen LogP contribution in [0.15, 0.2) is 41.3 Å². The van der Waals surface area contributed by atoms with Crippen molar-refractivity contribution >= 4 is 5.91 Å². The molecule has 1 aromatic carbocycles. The molecule has 1 heterocycles. The van der Waals surface area contributed by atoms with Crippen LogP contribution in [0.25, 0.3) is 11.3 Å². The number of alkyl halides is 3. The van der Waals surface area contributed by atoms with E-state index in [4.69, 9.17) is 4.42 Å². The van der Waals surface area contributed by atoms with E-state index in [-0.39, 0.29) is 6.54 Å². The van der Waals surface area contributed by atoms with Gasteiger partial charge in [-0.15, -0.1) is 0 Å². The van der Waals surface area contributed by atoms with Crippen LogP contribution in [0.5, 0.6) is 0 Å². The summed E-state index contributed by atoms with van der Waals surface area (Å²) in [6.45, 7) is -0.185. The Hall–Kier alpha value is -2.31. The van der Waals surface area contributed by atoms with Crippen molar-refractivity contribution in [3.05, 3.63) is 42.4 Å². The molecule has 0 atom stereocenters. The second-order valence-corrected chi connectivity index (χ2v) is 3.74. The van der Waals surface area contributed by atoms with Crippen LogP contribution >= 0.6 is 0 Å². The fourth-order valence-electron chi connectivity index (χ4n) is 1.43. The monoisotopic (exact) mass is 270 g/mol. The number of rotatable bonds is 3. The van der Waals surface area contributed by atoms with Crippen LogP contribution in [0.4, 0.5) is 13.2 Å². The number of carbonyl (C=O) groups excluding carboxylic acids is 1. The van der Waals surface area contributed by atoms with Crippen molar-refractivity contribution in [2.75, 3.05) is 0 Å². The summed E-state index contributed by atoms with van der Waals surface area (Å²) in [5.41, 5.74) is 1.31. The van der Waals surface area contributed by atoms with Crippen LogP contribution < -0.4 is 5.32 Å². The first-order valence-electron chi connectivity index (χ1n) is 5.29. The van der Waals surface area contributed by atoms with Gasteiger partial charge in [0.15, 0.2) is 12.2 Å². The summed E-state index contributed by atoms with van der Waals surface area (Å²) in [6.07, 6.45) is -2.05. The van der Waals surface area contributed by atoms with Crippen molar-refractivity contribution in [2.24, 2.45) is 0 Å². The van der Waals surface area contributed by atoms with Gasteiger partial charge in [0.25, 0.3) is 0 Å². The number of aromatic nitrogens is 1. The van der Waals surface area contributed by atoms with E-state index in [0.717, 1.165) is 5.56 Å². The summed E-state index contributed by atoms with van der Waals surface area (Å²) in [6, 6.07) is 6.56. The van der Waals surface area contributed by atoms with E-state index in [0.29, 0.717) is 11.3 Å². The maximum absolute atomic E-state index is 12.0. The van der Waals surface area contributed by atoms with Crippen molar-refractivity contribution < 1.29 is 22.4 Å². The quantitative estimate of drug-likeness (QED) is 0.932. The Morgan fingerprint density at radius 2 is 1.95 bits per heavy atom. The molecule has 0 fully saturated rings. The molecule has 0 saturated carbocycles. The lowest BCUT2D eigenvalue weighted by molar-refractivity contribution is -0.173. The zero-order valence-electron chi connectivity index (χ0n) is 9.57. The van der Waals surface area contributed by atoms with Crippen LogP contribution in [0.1, 0.15) is 5.56 Å². The minimum Gasteiger partial charge on any atom is -0.444 e. The van der Waals surface area contributed by atoms with Gasteiger partial charge < -0.3 is 9.73 Å². The molecular formula is C12H9F3N2O2. The van der Waals surface area contributed by atoms with E-state index in [9.17, 15) is 18.0 Å². The first-order chi connectivity index (χ1) is 8.97. The first-order valence-corrected chi connectivity index (χ1v) is 5.29. The summed E-state index contributed by atoms with van der Waals surface area (Å²) in [4.78, 5) is 14.4. The van der Waals surface area contributed by atoms with Crippen LogP contribution in [0.3, 0.4) is 0 Å². The summed E-state index contributed by atoms with van der Waals surface area (Å²) in [5.74, 6) is -1.39. The van der Waals surface area contributed by atoms with Gasteiger partial charge in [-0.25, -0.2) is 4.98 Å². The molecule has 0 bridgehead atoms. The van der Waals surface area contributed by atoms with Crippen molar-refractivity contribution in [2.45, 2.75) is 12.7 Å². The van der Waals surface area contributed by atoms with Crippen LogP contribution in [0, 0.1) is 0 Å². The second kappa shape index (κ2) is 5.13. The standard InChI is InChI=1S/C12H9F3N2O2/c13-12(14,15)11(18)17-5-8-1-3-9(4-2-8)10-6-16-7-19-10/h1-4,6-7H,5H2,(H,17,18). The average Bonchev–Trinajstić information content (AvgIpc) is 2.89. The van der Waals surface area contributed by atoms with E-state index in [2.05, 4.69) is 4.98 Å². The molecule has 0 aliphatic heterocycles. The maximum atomic E-state index is 12.0. The van der Waals surface area contributed by atoms with Gasteiger partial charge in [0, 0.05) is 12.1 Å². The smallest absolute Gasteiger partial charge is 0.444 e. The highest BCUT2D eigenvalue weighted by atomic mass is 19.4. The Kier molecular flexibility index (Phi) is 3.55. The van der Waals surface area contributed by atoms with Gasteiger partial charge in [0.05, 0.1) is 6.20 Å². The number of nitrogens with zero attached hydrogens (tertiary/aromatic N) is 1. The van der Waals surface area contributed by atoms with Gasteiger partial charge in [0.1, 0.15) is 0 Å². The van der Waals surface area contributed by atoms with Crippen molar-refractivity contribution in [3.8, 4) is 11.3 Å². The van der Waals surface area contributed by atoms with Gasteiger partial charge in [0.2, 0.25) is 0 Å². The molecule has 2 aromatic rings. The zero-order valence-corrected chi connectivity index (χ0v) is 9.57. The lowest BCUT2D eigenvalue weighted by Crippen LogP contribution is -2.36. The molecule has 19 heavy (non-hydrogen) atoms. The number of halogens is 3. The van der Waals surface area contributed by atoms with Crippen LogP contribution in [0.2, 0.25) is 0 Å². The highest BCUT2D eigenvalue weighted by molar-refractivity contribution is 5.81. The molecule has 0 unspecified atom stereocenters. The molecule has 0 saturated heterocycles. The Balaban J connectivity index is 1.98. The molecule has 0 aliphatic rings. The van der Waals surface area contributed by atoms with Crippen molar-refractivity contribution in [1.29, 1.82) is 0 Å². The third-order valence-corrected chi connectivity index (χ3v) is 2.38. The molecule has 100 valence electrons. The van der Waals surface area contributed by atoms with Gasteiger partial charge >= 0.3 is 12.1 Å². The van der Waals surface area contributed by atoms with Gasteiger partial charge in [-0.05, 0) is 5.56 Å². The number of oxazole rings is 1. The molecule has 2 rings (SSSR count). The number of carbonyl (C=O) groups is 1. The fraction of sp³-hybridized carbons (Fsp3) is 0.167. The molecule has 0 aliphatic carbocycles. The second-order valence-electron chi connectivity index (χ2n) is 3.74. The van der Waals surface area contributed by atoms with Crippen LogP contribution in [-0.2, 0) is 11.3 Å². The van der Waals surface area contributed by atoms with E-state index >= 15 is 0 Å². The summed E-state index contributed by atoms with van der Waals surface area (Å²) >= 11 is 0. The topological polar surface area (TPSA) is 55.1 Å². The number of benzene rings is 1. The predicted molar refractivity (Wildman–Crippen MR) is 59.8 cm³/mol. The molecule has 4 nitrogen and oxygen atoms in total. The Morgan fingerprint density at radius 3 is 2.47 bits per heavy atom. The highest BCUT2D eigenvalue weighted by Gasteiger charge is 2.38. The molecular weight excluding hydrogens is 261 g/mol. The van der Waals surface area contributed by atoms with E-state index < -0.39 is 12.1 Å². The van der Waals surface area contributed by atoms with Gasteiger partial charge in [-0.1, -0.05) is 24.3 Å². The lowest BCUT2D eigenvalue weighted by Gasteiger charge is -2.08. The third kappa shape index (κ3) is 3.34. The maximum Gasteiger partial charge on any atom is 0.471 e. The first kappa shape index (κ1) is 13.1. The fourth-order valence-corrected chi connectivity index (χ4v) is 1.43. The van der Waals surface area contributed by atoms with E-state index in [1.807, 2.05) is 0 Å². The molecule has 0 radical (unpaired) electrons. The summed E-state index contributed by atoms with van der Waals surface area (Å²) < 4.78 is 41.0. The molecule has 1 amide bonds. The Bertz CT molecular complexity index is 547. The zero-order chi connectivity index (χ0) is 13.9. The third-order valence-electron chi connectivity index (χ3n) is 2.38. The molecule has 1 N–H and O–H groups in total. The van der Waals surface area contributed by atoms with Crippen LogP contribution in [-0.4, -0.2) is 17.1 Å². The number of amides is 1. The largest absolute Gasteiger partial charge is 0.471 e. The van der Waals surface area contributed by atoms with Crippen molar-refractivity contribution in [1.82, 2.24) is 10.3 Å². The minimum absolute atomic E-state index is 0.185. The van der Waals surface area contributed by atoms with Crippen molar-refractivity contribution in [3.63, 3.8) is 0 Å². The lowest BCUT2D eigenvalue weighted by atomic mass is 10.1. The Labute approximate surface area is 106 Å². The minimum atomic E-state index is -4.86. The molecule has 1 aromatic heterocycles. The molecule has 0 spiro atoms. The number of hydrogen-bond acceptors (Lipinski definition) is 3. The molecule has 7 heteroatoms. The van der Waals surface area contributed by atoms with Gasteiger partial charge in [-0.2, -0.15) is 13.2 Å². The summed E-state index contributed by atoms with van der Waals surface area (Å²) in [5, 5.41) is 1.79. The highest BCUT2D eigenvalue weighted by Crippen LogP contribution is 2.19.